The molecule has 2 aromatic rings. The van der Waals surface area contributed by atoms with Gasteiger partial charge < -0.3 is 5.11 Å². The van der Waals surface area contributed by atoms with E-state index < -0.39 is 5.97 Å². The number of benzene rings is 1. The van der Waals surface area contributed by atoms with Crippen LogP contribution in [0.2, 0.25) is 0 Å². The third kappa shape index (κ3) is 2.46. The Morgan fingerprint density at radius 3 is 2.10 bits per heavy atom. The molecule has 1 aromatic carbocycles. The van der Waals surface area contributed by atoms with Crippen LogP contribution < -0.4 is 0 Å². The minimum absolute atomic E-state index is 0.0971. The van der Waals surface area contributed by atoms with Gasteiger partial charge >= 0.3 is 5.97 Å². The zero-order chi connectivity index (χ0) is 15.1. The molecular weight excluding hydrogens is 252 g/mol. The maximum atomic E-state index is 11.2. The quantitative estimate of drug-likeness (QED) is 0.910. The summed E-state index contributed by atoms with van der Waals surface area (Å²) >= 11 is 0. The maximum absolute atomic E-state index is 11.2. The minimum Gasteiger partial charge on any atom is -0.478 e. The lowest BCUT2D eigenvalue weighted by Crippen LogP contribution is -2.11. The van der Waals surface area contributed by atoms with Crippen LogP contribution in [0.5, 0.6) is 0 Å². The third-order valence-electron chi connectivity index (χ3n) is 3.48. The highest BCUT2D eigenvalue weighted by Gasteiger charge is 2.19. The summed E-state index contributed by atoms with van der Waals surface area (Å²) in [7, 11) is 0. The van der Waals surface area contributed by atoms with Crippen LogP contribution in [0.15, 0.2) is 24.3 Å². The summed E-state index contributed by atoms with van der Waals surface area (Å²) in [5.74, 6) is -0.933. The van der Waals surface area contributed by atoms with Crippen LogP contribution in [0.25, 0.3) is 5.69 Å². The lowest BCUT2D eigenvalue weighted by Gasteiger charge is -2.19. The SMILES string of the molecule is Cc1nn(-c2ccc(C(C)(C)C)cc2)c(C)c1C(=O)O. The van der Waals surface area contributed by atoms with Crippen molar-refractivity contribution in [3.05, 3.63) is 46.8 Å². The van der Waals surface area contributed by atoms with E-state index in [1.54, 1.807) is 18.5 Å². The van der Waals surface area contributed by atoms with E-state index in [4.69, 9.17) is 0 Å². The molecule has 0 bridgehead atoms. The number of carboxylic acids is 1. The molecule has 106 valence electrons. The molecule has 0 aliphatic heterocycles. The molecule has 4 nitrogen and oxygen atoms in total. The Balaban J connectivity index is 2.48. The van der Waals surface area contributed by atoms with E-state index in [0.717, 1.165) is 5.69 Å². The molecule has 2 rings (SSSR count). The summed E-state index contributed by atoms with van der Waals surface area (Å²) in [6.07, 6.45) is 0. The lowest BCUT2D eigenvalue weighted by atomic mass is 9.87. The maximum Gasteiger partial charge on any atom is 0.339 e. The van der Waals surface area contributed by atoms with Crippen molar-refractivity contribution in [2.45, 2.75) is 40.0 Å². The van der Waals surface area contributed by atoms with Crippen LogP contribution in [-0.4, -0.2) is 20.9 Å². The predicted molar refractivity (Wildman–Crippen MR) is 78.7 cm³/mol. The second-order valence-corrected chi connectivity index (χ2v) is 6.06. The van der Waals surface area contributed by atoms with Gasteiger partial charge in [0.05, 0.1) is 17.1 Å². The Morgan fingerprint density at radius 2 is 1.70 bits per heavy atom. The highest BCUT2D eigenvalue weighted by atomic mass is 16.4. The Bertz CT molecular complexity index is 646. The second-order valence-electron chi connectivity index (χ2n) is 6.06. The van der Waals surface area contributed by atoms with Crippen LogP contribution in [0.3, 0.4) is 0 Å². The van der Waals surface area contributed by atoms with E-state index in [-0.39, 0.29) is 11.0 Å². The molecule has 0 amide bonds. The van der Waals surface area contributed by atoms with Gasteiger partial charge in [0.25, 0.3) is 0 Å². The number of rotatable bonds is 2. The van der Waals surface area contributed by atoms with Gasteiger partial charge in [-0.1, -0.05) is 32.9 Å². The molecule has 1 aromatic heterocycles. The van der Waals surface area contributed by atoms with Gasteiger partial charge in [0.2, 0.25) is 0 Å². The summed E-state index contributed by atoms with van der Waals surface area (Å²) in [6, 6.07) is 8.08. The first-order chi connectivity index (χ1) is 9.21. The third-order valence-corrected chi connectivity index (χ3v) is 3.48. The molecular formula is C16H20N2O2. The van der Waals surface area contributed by atoms with Crippen molar-refractivity contribution in [3.8, 4) is 5.69 Å². The normalized spacial score (nSPS) is 11.7. The first-order valence-electron chi connectivity index (χ1n) is 6.62. The Hall–Kier alpha value is -2.10. The first kappa shape index (κ1) is 14.3. The highest BCUT2D eigenvalue weighted by Crippen LogP contribution is 2.24. The van der Waals surface area contributed by atoms with E-state index in [9.17, 15) is 9.90 Å². The van der Waals surface area contributed by atoms with E-state index >= 15 is 0 Å². The van der Waals surface area contributed by atoms with Gasteiger partial charge in [0.15, 0.2) is 0 Å². The number of carboxylic acid groups (broad SMARTS) is 1. The van der Waals surface area contributed by atoms with Crippen molar-refractivity contribution >= 4 is 5.97 Å². The number of hydrogen-bond donors (Lipinski definition) is 1. The monoisotopic (exact) mass is 272 g/mol. The number of aromatic nitrogens is 2. The Kier molecular flexibility index (Phi) is 3.42. The van der Waals surface area contributed by atoms with Crippen molar-refractivity contribution in [1.29, 1.82) is 0 Å². The van der Waals surface area contributed by atoms with Crippen LogP contribution in [-0.2, 0) is 5.41 Å². The molecule has 0 aliphatic rings. The van der Waals surface area contributed by atoms with Crippen LogP contribution in [0.1, 0.15) is 48.1 Å². The highest BCUT2D eigenvalue weighted by molar-refractivity contribution is 5.90. The van der Waals surface area contributed by atoms with Gasteiger partial charge in [0.1, 0.15) is 5.56 Å². The summed E-state index contributed by atoms with van der Waals surface area (Å²) in [5.41, 5.74) is 3.69. The average molecular weight is 272 g/mol. The summed E-state index contributed by atoms with van der Waals surface area (Å²) in [5, 5.41) is 13.5. The van der Waals surface area contributed by atoms with Crippen LogP contribution in [0, 0.1) is 13.8 Å². The van der Waals surface area contributed by atoms with Crippen molar-refractivity contribution in [1.82, 2.24) is 9.78 Å². The van der Waals surface area contributed by atoms with Gasteiger partial charge in [-0.15, -0.1) is 0 Å². The fourth-order valence-electron chi connectivity index (χ4n) is 2.31. The first-order valence-corrected chi connectivity index (χ1v) is 6.62. The molecule has 0 saturated carbocycles. The minimum atomic E-state index is -0.933. The van der Waals surface area contributed by atoms with Gasteiger partial charge in [-0.25, -0.2) is 9.48 Å². The number of nitrogens with zero attached hydrogens (tertiary/aromatic N) is 2. The molecule has 0 spiro atoms. The smallest absolute Gasteiger partial charge is 0.339 e. The van der Waals surface area contributed by atoms with E-state index in [2.05, 4.69) is 38.0 Å². The topological polar surface area (TPSA) is 55.1 Å². The van der Waals surface area contributed by atoms with E-state index in [0.29, 0.717) is 11.4 Å². The molecule has 0 fully saturated rings. The number of aromatic carboxylic acids is 1. The van der Waals surface area contributed by atoms with Crippen molar-refractivity contribution in [2.75, 3.05) is 0 Å². The van der Waals surface area contributed by atoms with Crippen LogP contribution in [0.4, 0.5) is 0 Å². The number of aryl methyl sites for hydroxylation is 1. The van der Waals surface area contributed by atoms with Crippen molar-refractivity contribution in [2.24, 2.45) is 0 Å². The molecule has 1 N–H and O–H groups in total. The van der Waals surface area contributed by atoms with Crippen molar-refractivity contribution in [3.63, 3.8) is 0 Å². The zero-order valence-corrected chi connectivity index (χ0v) is 12.6. The molecule has 4 heteroatoms. The summed E-state index contributed by atoms with van der Waals surface area (Å²) in [4.78, 5) is 11.2. The Labute approximate surface area is 119 Å². The van der Waals surface area contributed by atoms with Crippen LogP contribution >= 0.6 is 0 Å². The van der Waals surface area contributed by atoms with Gasteiger partial charge in [-0.2, -0.15) is 5.10 Å². The molecule has 1 heterocycles. The molecule has 0 atom stereocenters. The molecule has 0 radical (unpaired) electrons. The molecule has 0 unspecified atom stereocenters. The Morgan fingerprint density at radius 1 is 1.15 bits per heavy atom. The van der Waals surface area contributed by atoms with Gasteiger partial charge in [-0.3, -0.25) is 0 Å². The van der Waals surface area contributed by atoms with E-state index in [1.807, 2.05) is 12.1 Å². The second kappa shape index (κ2) is 4.78. The lowest BCUT2D eigenvalue weighted by molar-refractivity contribution is 0.0695. The fourth-order valence-corrected chi connectivity index (χ4v) is 2.31. The van der Waals surface area contributed by atoms with Gasteiger partial charge in [0, 0.05) is 0 Å². The average Bonchev–Trinajstić information content (AvgIpc) is 2.64. The molecule has 0 aliphatic carbocycles. The van der Waals surface area contributed by atoms with E-state index in [1.165, 1.54) is 5.56 Å². The zero-order valence-electron chi connectivity index (χ0n) is 12.6. The van der Waals surface area contributed by atoms with Gasteiger partial charge in [-0.05, 0) is 37.0 Å². The summed E-state index contributed by atoms with van der Waals surface area (Å²) in [6.45, 7) is 9.98. The number of carbonyl (C=O) groups is 1. The van der Waals surface area contributed by atoms with Crippen molar-refractivity contribution < 1.29 is 9.90 Å². The predicted octanol–water partition coefficient (Wildman–Crippen LogP) is 3.48. The standard InChI is InChI=1S/C16H20N2O2/c1-10-14(15(19)20)11(2)18(17-10)13-8-6-12(7-9-13)16(3,4)5/h6-9H,1-5H3,(H,19,20). The summed E-state index contributed by atoms with van der Waals surface area (Å²) < 4.78 is 1.69. The molecule has 20 heavy (non-hydrogen) atoms. The molecule has 0 saturated heterocycles. The number of hydrogen-bond acceptors (Lipinski definition) is 2. The fraction of sp³-hybridized carbons (Fsp3) is 0.375. The largest absolute Gasteiger partial charge is 0.478 e.